The fraction of sp³-hybridized carbons (Fsp3) is 0.167. The Hall–Kier alpha value is -2.10. The van der Waals surface area contributed by atoms with Crippen molar-refractivity contribution in [2.75, 3.05) is 0 Å². The number of amides is 1. The molecule has 0 saturated heterocycles. The number of hydrogen-bond donors (Lipinski definition) is 1. The van der Waals surface area contributed by atoms with Crippen molar-refractivity contribution >= 4 is 11.9 Å². The van der Waals surface area contributed by atoms with Gasteiger partial charge < -0.3 is 4.84 Å². The molecule has 0 aliphatic rings. The molecule has 1 rings (SSSR count). The molecular formula is C12H13NO3. The van der Waals surface area contributed by atoms with Gasteiger partial charge in [-0.25, -0.2) is 4.79 Å². The van der Waals surface area contributed by atoms with E-state index in [-0.39, 0.29) is 17.9 Å². The van der Waals surface area contributed by atoms with Gasteiger partial charge in [-0.05, 0) is 12.5 Å². The molecule has 16 heavy (non-hydrogen) atoms. The average molecular weight is 219 g/mol. The molecule has 0 radical (unpaired) electrons. The van der Waals surface area contributed by atoms with Crippen molar-refractivity contribution in [2.45, 2.75) is 13.3 Å². The Balaban J connectivity index is 2.37. The third-order valence-electron chi connectivity index (χ3n) is 1.81. The van der Waals surface area contributed by atoms with Crippen molar-refractivity contribution < 1.29 is 14.4 Å². The fourth-order valence-corrected chi connectivity index (χ4v) is 1.01. The van der Waals surface area contributed by atoms with Crippen LogP contribution in [0.1, 0.15) is 12.5 Å². The number of hydrogen-bond acceptors (Lipinski definition) is 3. The van der Waals surface area contributed by atoms with Crippen LogP contribution in [0.5, 0.6) is 0 Å². The summed E-state index contributed by atoms with van der Waals surface area (Å²) in [5.74, 6) is -1.01. The van der Waals surface area contributed by atoms with Crippen molar-refractivity contribution in [3.05, 3.63) is 48.0 Å². The number of rotatable bonds is 3. The van der Waals surface area contributed by atoms with Gasteiger partial charge in [-0.1, -0.05) is 36.9 Å². The highest BCUT2D eigenvalue weighted by atomic mass is 16.7. The molecular weight excluding hydrogens is 206 g/mol. The topological polar surface area (TPSA) is 55.4 Å². The van der Waals surface area contributed by atoms with Gasteiger partial charge in [0.2, 0.25) is 0 Å². The first kappa shape index (κ1) is 12.0. The van der Waals surface area contributed by atoms with Crippen LogP contribution in [0.3, 0.4) is 0 Å². The van der Waals surface area contributed by atoms with Gasteiger partial charge >= 0.3 is 5.97 Å². The van der Waals surface area contributed by atoms with Crippen LogP contribution < -0.4 is 5.48 Å². The van der Waals surface area contributed by atoms with Gasteiger partial charge in [0.25, 0.3) is 5.91 Å². The summed E-state index contributed by atoms with van der Waals surface area (Å²) in [6.07, 6.45) is 0.171. The van der Waals surface area contributed by atoms with Crippen LogP contribution in [0.2, 0.25) is 0 Å². The molecule has 0 saturated carbocycles. The van der Waals surface area contributed by atoms with Crippen molar-refractivity contribution in [3.8, 4) is 0 Å². The van der Waals surface area contributed by atoms with Gasteiger partial charge in [-0.15, -0.1) is 0 Å². The minimum absolute atomic E-state index is 0.171. The van der Waals surface area contributed by atoms with Crippen LogP contribution in [0, 0.1) is 0 Å². The summed E-state index contributed by atoms with van der Waals surface area (Å²) in [5, 5.41) is 0. The number of benzene rings is 1. The van der Waals surface area contributed by atoms with Crippen LogP contribution in [-0.4, -0.2) is 11.9 Å². The molecule has 0 aromatic heterocycles. The van der Waals surface area contributed by atoms with E-state index in [1.54, 1.807) is 0 Å². The normalized spacial score (nSPS) is 9.31. The first-order valence-electron chi connectivity index (χ1n) is 4.79. The Morgan fingerprint density at radius 1 is 1.31 bits per heavy atom. The van der Waals surface area contributed by atoms with E-state index in [1.807, 2.05) is 30.3 Å². The van der Waals surface area contributed by atoms with Gasteiger partial charge in [-0.3, -0.25) is 4.79 Å². The highest BCUT2D eigenvalue weighted by molar-refractivity contribution is 5.88. The van der Waals surface area contributed by atoms with Crippen LogP contribution in [0.25, 0.3) is 0 Å². The third-order valence-corrected chi connectivity index (χ3v) is 1.81. The molecule has 0 fully saturated rings. The number of carbonyl (C=O) groups is 2. The lowest BCUT2D eigenvalue weighted by Gasteiger charge is -2.05. The smallest absolute Gasteiger partial charge is 0.336 e. The maximum Gasteiger partial charge on any atom is 0.358 e. The van der Waals surface area contributed by atoms with E-state index in [1.165, 1.54) is 6.92 Å². The lowest BCUT2D eigenvalue weighted by Crippen LogP contribution is -2.28. The number of nitrogens with one attached hydrogen (secondary N) is 1. The van der Waals surface area contributed by atoms with Crippen molar-refractivity contribution in [1.82, 2.24) is 5.48 Å². The van der Waals surface area contributed by atoms with Crippen molar-refractivity contribution in [2.24, 2.45) is 0 Å². The zero-order chi connectivity index (χ0) is 12.0. The van der Waals surface area contributed by atoms with E-state index in [4.69, 9.17) is 0 Å². The maximum absolute atomic E-state index is 11.3. The molecule has 4 nitrogen and oxygen atoms in total. The second kappa shape index (κ2) is 5.70. The fourth-order valence-electron chi connectivity index (χ4n) is 1.01. The van der Waals surface area contributed by atoms with Crippen LogP contribution in [0.4, 0.5) is 0 Å². The van der Waals surface area contributed by atoms with Crippen LogP contribution in [-0.2, 0) is 20.8 Å². The first-order chi connectivity index (χ1) is 7.59. The van der Waals surface area contributed by atoms with Crippen molar-refractivity contribution in [3.63, 3.8) is 0 Å². The molecule has 1 aromatic rings. The summed E-state index contributed by atoms with van der Waals surface area (Å²) in [4.78, 5) is 26.8. The highest BCUT2D eigenvalue weighted by Gasteiger charge is 2.07. The lowest BCUT2D eigenvalue weighted by atomic mass is 10.1. The molecule has 84 valence electrons. The van der Waals surface area contributed by atoms with Gasteiger partial charge in [0, 0.05) is 5.57 Å². The minimum Gasteiger partial charge on any atom is -0.336 e. The maximum atomic E-state index is 11.3. The third kappa shape index (κ3) is 3.96. The monoisotopic (exact) mass is 219 g/mol. The predicted molar refractivity (Wildman–Crippen MR) is 59.2 cm³/mol. The SMILES string of the molecule is C=C(C)C(=O)ONC(=O)Cc1ccccc1. The number of hydroxylamine groups is 1. The quantitative estimate of drug-likeness (QED) is 0.617. The van der Waals surface area contributed by atoms with Gasteiger partial charge in [-0.2, -0.15) is 5.48 Å². The van der Waals surface area contributed by atoms with Crippen LogP contribution >= 0.6 is 0 Å². The molecule has 0 spiro atoms. The van der Waals surface area contributed by atoms with E-state index in [0.29, 0.717) is 0 Å². The Morgan fingerprint density at radius 2 is 1.94 bits per heavy atom. The first-order valence-corrected chi connectivity index (χ1v) is 4.79. The highest BCUT2D eigenvalue weighted by Crippen LogP contribution is 1.99. The Kier molecular flexibility index (Phi) is 4.27. The Labute approximate surface area is 93.9 Å². The largest absolute Gasteiger partial charge is 0.358 e. The molecule has 0 atom stereocenters. The van der Waals surface area contributed by atoms with Gasteiger partial charge in [0.1, 0.15) is 0 Å². The van der Waals surface area contributed by atoms with Gasteiger partial charge in [0.05, 0.1) is 6.42 Å². The molecule has 1 amide bonds. The van der Waals surface area contributed by atoms with Crippen LogP contribution in [0.15, 0.2) is 42.5 Å². The summed E-state index contributed by atoms with van der Waals surface area (Å²) >= 11 is 0. The summed E-state index contributed by atoms with van der Waals surface area (Å²) in [6.45, 7) is 4.90. The molecule has 0 aliphatic heterocycles. The summed E-state index contributed by atoms with van der Waals surface area (Å²) in [7, 11) is 0. The molecule has 0 aliphatic carbocycles. The lowest BCUT2D eigenvalue weighted by molar-refractivity contribution is -0.154. The summed E-state index contributed by atoms with van der Waals surface area (Å²) in [5.41, 5.74) is 3.15. The second-order valence-electron chi connectivity index (χ2n) is 3.36. The molecule has 1 N–H and O–H groups in total. The van der Waals surface area contributed by atoms with Gasteiger partial charge in [0.15, 0.2) is 0 Å². The van der Waals surface area contributed by atoms with Crippen molar-refractivity contribution in [1.29, 1.82) is 0 Å². The molecule has 1 aromatic carbocycles. The summed E-state index contributed by atoms with van der Waals surface area (Å²) < 4.78 is 0. The number of carbonyl (C=O) groups excluding carboxylic acids is 2. The average Bonchev–Trinajstić information content (AvgIpc) is 2.27. The van der Waals surface area contributed by atoms with E-state index in [9.17, 15) is 9.59 Å². The van der Waals surface area contributed by atoms with E-state index >= 15 is 0 Å². The molecule has 4 heteroatoms. The molecule has 0 unspecified atom stereocenters. The van der Waals surface area contributed by atoms with E-state index < -0.39 is 5.97 Å². The molecule has 0 heterocycles. The summed E-state index contributed by atoms with van der Waals surface area (Å²) in [6, 6.07) is 9.17. The Morgan fingerprint density at radius 3 is 2.50 bits per heavy atom. The minimum atomic E-state index is -0.638. The zero-order valence-electron chi connectivity index (χ0n) is 9.03. The standard InChI is InChI=1S/C12H13NO3/c1-9(2)12(15)16-13-11(14)8-10-6-4-3-5-7-10/h3-7H,1,8H2,2H3,(H,13,14). The van der Waals surface area contributed by atoms with E-state index in [0.717, 1.165) is 5.56 Å². The zero-order valence-corrected chi connectivity index (χ0v) is 9.03. The van der Waals surface area contributed by atoms with E-state index in [2.05, 4.69) is 16.9 Å². The predicted octanol–water partition coefficient (Wildman–Crippen LogP) is 1.38. The molecule has 0 bridgehead atoms. The Bertz CT molecular complexity index is 398. The second-order valence-corrected chi connectivity index (χ2v) is 3.36.